The highest BCUT2D eigenvalue weighted by Crippen LogP contribution is 2.35. The lowest BCUT2D eigenvalue weighted by Gasteiger charge is -2.04. The summed E-state index contributed by atoms with van der Waals surface area (Å²) in [7, 11) is 5.42. The highest BCUT2D eigenvalue weighted by Gasteiger charge is 2.12. The van der Waals surface area contributed by atoms with Crippen LogP contribution in [0.15, 0.2) is 48.7 Å². The molecule has 0 amide bonds. The second kappa shape index (κ2) is 4.93. The minimum atomic E-state index is 0.867. The van der Waals surface area contributed by atoms with Gasteiger partial charge in [-0.05, 0) is 23.8 Å². The maximum absolute atomic E-state index is 5.45. The topological polar surface area (TPSA) is 23.4 Å². The van der Waals surface area contributed by atoms with Crippen molar-refractivity contribution in [3.8, 4) is 22.6 Å². The molecule has 0 saturated carbocycles. The van der Waals surface area contributed by atoms with Crippen molar-refractivity contribution in [2.24, 2.45) is 7.05 Å². The Bertz CT molecular complexity index is 742. The van der Waals surface area contributed by atoms with Crippen LogP contribution < -0.4 is 9.47 Å². The Morgan fingerprint density at radius 1 is 0.900 bits per heavy atom. The van der Waals surface area contributed by atoms with Crippen LogP contribution in [0.2, 0.25) is 0 Å². The summed E-state index contributed by atoms with van der Waals surface area (Å²) in [6.45, 7) is 0. The van der Waals surface area contributed by atoms with Crippen LogP contribution in [-0.4, -0.2) is 18.8 Å². The molecule has 1 aromatic heterocycles. The normalized spacial score (nSPS) is 10.8. The predicted octanol–water partition coefficient (Wildman–Crippen LogP) is 3.86. The first-order valence-corrected chi connectivity index (χ1v) is 6.51. The van der Waals surface area contributed by atoms with E-state index in [9.17, 15) is 0 Å². The molecule has 0 bridgehead atoms. The number of hydrogen-bond acceptors (Lipinski definition) is 2. The van der Waals surface area contributed by atoms with Gasteiger partial charge in [0, 0.05) is 24.2 Å². The summed E-state index contributed by atoms with van der Waals surface area (Å²) in [6, 6.07) is 14.2. The van der Waals surface area contributed by atoms with E-state index < -0.39 is 0 Å². The van der Waals surface area contributed by atoms with Crippen LogP contribution in [0.5, 0.6) is 11.5 Å². The number of rotatable bonds is 3. The summed E-state index contributed by atoms with van der Waals surface area (Å²) in [5, 5.41) is 1.19. The standard InChI is InChI=1S/C17H17NO2/c1-18-11-15(12-7-9-13(19-2)10-8-12)14-5-4-6-16(20-3)17(14)18/h4-11H,1-3H3. The number of aryl methyl sites for hydroxylation is 1. The van der Waals surface area contributed by atoms with Gasteiger partial charge in [0.25, 0.3) is 0 Å². The molecule has 0 N–H and O–H groups in total. The molecule has 1 heterocycles. The van der Waals surface area contributed by atoms with Crippen molar-refractivity contribution < 1.29 is 9.47 Å². The van der Waals surface area contributed by atoms with Gasteiger partial charge in [-0.3, -0.25) is 0 Å². The molecule has 0 spiro atoms. The minimum Gasteiger partial charge on any atom is -0.497 e. The number of aromatic nitrogens is 1. The van der Waals surface area contributed by atoms with Gasteiger partial charge in [-0.2, -0.15) is 0 Å². The van der Waals surface area contributed by atoms with E-state index in [-0.39, 0.29) is 0 Å². The van der Waals surface area contributed by atoms with Crippen molar-refractivity contribution in [2.45, 2.75) is 0 Å². The summed E-state index contributed by atoms with van der Waals surface area (Å²) in [4.78, 5) is 0. The maximum atomic E-state index is 5.45. The summed E-state index contributed by atoms with van der Waals surface area (Å²) in [6.07, 6.45) is 2.13. The summed E-state index contributed by atoms with van der Waals surface area (Å²) < 4.78 is 12.8. The molecule has 3 heteroatoms. The van der Waals surface area contributed by atoms with Crippen LogP contribution in [0.25, 0.3) is 22.0 Å². The lowest BCUT2D eigenvalue weighted by atomic mass is 10.0. The molecule has 3 aromatic rings. The van der Waals surface area contributed by atoms with Crippen molar-refractivity contribution >= 4 is 10.9 Å². The smallest absolute Gasteiger partial charge is 0.143 e. The zero-order chi connectivity index (χ0) is 14.1. The Morgan fingerprint density at radius 2 is 1.65 bits per heavy atom. The van der Waals surface area contributed by atoms with E-state index in [1.807, 2.05) is 31.3 Å². The first-order valence-electron chi connectivity index (χ1n) is 6.51. The minimum absolute atomic E-state index is 0.867. The largest absolute Gasteiger partial charge is 0.497 e. The summed E-state index contributed by atoms with van der Waals surface area (Å²) in [5.74, 6) is 1.76. The molecule has 0 atom stereocenters. The molecule has 0 unspecified atom stereocenters. The SMILES string of the molecule is COc1ccc(-c2cn(C)c3c(OC)cccc23)cc1. The van der Waals surface area contributed by atoms with Crippen LogP contribution in [0.1, 0.15) is 0 Å². The average molecular weight is 267 g/mol. The highest BCUT2D eigenvalue weighted by molar-refractivity contribution is 5.99. The van der Waals surface area contributed by atoms with Crippen LogP contribution in [-0.2, 0) is 7.05 Å². The van der Waals surface area contributed by atoms with Gasteiger partial charge >= 0.3 is 0 Å². The molecule has 0 aliphatic rings. The lowest BCUT2D eigenvalue weighted by molar-refractivity contribution is 0.415. The Hall–Kier alpha value is -2.42. The third-order valence-corrected chi connectivity index (χ3v) is 3.59. The number of hydrogen-bond donors (Lipinski definition) is 0. The molecule has 102 valence electrons. The Morgan fingerprint density at radius 3 is 2.30 bits per heavy atom. The second-order valence-electron chi connectivity index (χ2n) is 4.74. The molecule has 0 radical (unpaired) electrons. The number of benzene rings is 2. The quantitative estimate of drug-likeness (QED) is 0.719. The fourth-order valence-electron chi connectivity index (χ4n) is 2.60. The highest BCUT2D eigenvalue weighted by atomic mass is 16.5. The summed E-state index contributed by atoms with van der Waals surface area (Å²) in [5.41, 5.74) is 3.48. The van der Waals surface area contributed by atoms with Crippen LogP contribution in [0.4, 0.5) is 0 Å². The van der Waals surface area contributed by atoms with Gasteiger partial charge in [0.1, 0.15) is 11.5 Å². The van der Waals surface area contributed by atoms with E-state index in [2.05, 4.69) is 29.0 Å². The number of methoxy groups -OCH3 is 2. The molecule has 0 fully saturated rings. The molecule has 3 nitrogen and oxygen atoms in total. The van der Waals surface area contributed by atoms with Gasteiger partial charge in [0.2, 0.25) is 0 Å². The fourth-order valence-corrected chi connectivity index (χ4v) is 2.60. The van der Waals surface area contributed by atoms with Crippen molar-refractivity contribution in [3.63, 3.8) is 0 Å². The molecule has 0 aliphatic carbocycles. The van der Waals surface area contributed by atoms with E-state index in [0.29, 0.717) is 0 Å². The Balaban J connectivity index is 2.21. The molecular formula is C17H17NO2. The van der Waals surface area contributed by atoms with E-state index in [0.717, 1.165) is 17.0 Å². The third-order valence-electron chi connectivity index (χ3n) is 3.59. The molecule has 2 aromatic carbocycles. The zero-order valence-electron chi connectivity index (χ0n) is 11.9. The van der Waals surface area contributed by atoms with E-state index in [1.165, 1.54) is 16.5 Å². The third kappa shape index (κ3) is 1.92. The fraction of sp³-hybridized carbons (Fsp3) is 0.176. The lowest BCUT2D eigenvalue weighted by Crippen LogP contribution is -1.89. The van der Waals surface area contributed by atoms with Gasteiger partial charge in [0.15, 0.2) is 0 Å². The number of fused-ring (bicyclic) bond motifs is 1. The monoisotopic (exact) mass is 267 g/mol. The van der Waals surface area contributed by atoms with Crippen LogP contribution in [0.3, 0.4) is 0 Å². The Labute approximate surface area is 118 Å². The zero-order valence-corrected chi connectivity index (χ0v) is 11.9. The molecule has 20 heavy (non-hydrogen) atoms. The van der Waals surface area contributed by atoms with Gasteiger partial charge in [-0.25, -0.2) is 0 Å². The molecular weight excluding hydrogens is 250 g/mol. The van der Waals surface area contributed by atoms with Gasteiger partial charge in [-0.1, -0.05) is 24.3 Å². The second-order valence-corrected chi connectivity index (χ2v) is 4.74. The van der Waals surface area contributed by atoms with Gasteiger partial charge < -0.3 is 14.0 Å². The van der Waals surface area contributed by atoms with Crippen molar-refractivity contribution in [1.29, 1.82) is 0 Å². The van der Waals surface area contributed by atoms with Crippen molar-refractivity contribution in [3.05, 3.63) is 48.7 Å². The van der Waals surface area contributed by atoms with Crippen molar-refractivity contribution in [2.75, 3.05) is 14.2 Å². The molecule has 0 aliphatic heterocycles. The maximum Gasteiger partial charge on any atom is 0.143 e. The molecule has 3 rings (SSSR count). The van der Waals surface area contributed by atoms with Crippen LogP contribution in [0, 0.1) is 0 Å². The van der Waals surface area contributed by atoms with E-state index >= 15 is 0 Å². The Kier molecular flexibility index (Phi) is 3.11. The van der Waals surface area contributed by atoms with Gasteiger partial charge in [-0.15, -0.1) is 0 Å². The summed E-state index contributed by atoms with van der Waals surface area (Å²) >= 11 is 0. The average Bonchev–Trinajstić information content (AvgIpc) is 2.85. The van der Waals surface area contributed by atoms with Crippen LogP contribution >= 0.6 is 0 Å². The predicted molar refractivity (Wildman–Crippen MR) is 81.5 cm³/mol. The number of ether oxygens (including phenoxy) is 2. The first kappa shape index (κ1) is 12.6. The van der Waals surface area contributed by atoms with E-state index in [1.54, 1.807) is 14.2 Å². The number of para-hydroxylation sites is 1. The first-order chi connectivity index (χ1) is 9.74. The molecule has 0 saturated heterocycles. The van der Waals surface area contributed by atoms with Gasteiger partial charge in [0.05, 0.1) is 19.7 Å². The van der Waals surface area contributed by atoms with Crippen molar-refractivity contribution in [1.82, 2.24) is 4.57 Å². The van der Waals surface area contributed by atoms with E-state index in [4.69, 9.17) is 9.47 Å². The number of nitrogens with zero attached hydrogens (tertiary/aromatic N) is 1.